The number of ether oxygens (including phenoxy) is 1. The minimum absolute atomic E-state index is 0.0424. The fourth-order valence-corrected chi connectivity index (χ4v) is 1.56. The first kappa shape index (κ1) is 9.83. The molecule has 1 aliphatic rings. The number of benzene rings is 1. The third kappa shape index (κ3) is 1.88. The molecule has 4 heteroatoms. The third-order valence-corrected chi connectivity index (χ3v) is 2.29. The first-order valence-corrected chi connectivity index (χ1v) is 5.08. The molecule has 1 atom stereocenters. The highest BCUT2D eigenvalue weighted by Crippen LogP contribution is 2.31. The van der Waals surface area contributed by atoms with E-state index in [1.807, 2.05) is 32.0 Å². The quantitative estimate of drug-likeness (QED) is 0.688. The summed E-state index contributed by atoms with van der Waals surface area (Å²) in [6.07, 6.45) is -0.0424. The summed E-state index contributed by atoms with van der Waals surface area (Å²) in [4.78, 5) is 4.34. The molecule has 0 aliphatic carbocycles. The average molecular weight is 205 g/mol. The van der Waals surface area contributed by atoms with Crippen molar-refractivity contribution in [1.29, 1.82) is 0 Å². The van der Waals surface area contributed by atoms with Crippen LogP contribution < -0.4 is 15.8 Å². The molecule has 1 heterocycles. The van der Waals surface area contributed by atoms with Crippen LogP contribution in [-0.4, -0.2) is 18.5 Å². The highest BCUT2D eigenvalue weighted by molar-refractivity contribution is 6.01. The topological polar surface area (TPSA) is 59.6 Å². The molecule has 0 aromatic heterocycles. The van der Waals surface area contributed by atoms with Crippen LogP contribution in [0.5, 0.6) is 5.75 Å². The molecule has 0 amide bonds. The van der Waals surface area contributed by atoms with E-state index in [9.17, 15) is 0 Å². The average Bonchev–Trinajstić information content (AvgIpc) is 2.20. The Hall–Kier alpha value is -1.71. The van der Waals surface area contributed by atoms with Gasteiger partial charge in [-0.3, -0.25) is 4.99 Å². The number of anilines is 2. The van der Waals surface area contributed by atoms with E-state index in [0.29, 0.717) is 5.69 Å². The molecule has 0 spiro atoms. The summed E-state index contributed by atoms with van der Waals surface area (Å²) in [7, 11) is 0. The normalized spacial score (nSPS) is 21.7. The minimum Gasteiger partial charge on any atom is -0.481 e. The Kier molecular flexibility index (Phi) is 2.49. The van der Waals surface area contributed by atoms with Gasteiger partial charge in [-0.25, -0.2) is 0 Å². The van der Waals surface area contributed by atoms with Gasteiger partial charge in [0, 0.05) is 18.3 Å². The van der Waals surface area contributed by atoms with Gasteiger partial charge in [0.1, 0.15) is 11.6 Å². The summed E-state index contributed by atoms with van der Waals surface area (Å²) in [6, 6.07) is 5.57. The molecular formula is C11H15N3O. The molecule has 1 aromatic carbocycles. The number of nitrogens with two attached hydrogens (primary N) is 1. The van der Waals surface area contributed by atoms with Gasteiger partial charge in [-0.1, -0.05) is 0 Å². The minimum atomic E-state index is -0.0424. The van der Waals surface area contributed by atoms with Gasteiger partial charge in [-0.2, -0.15) is 0 Å². The Morgan fingerprint density at radius 1 is 1.53 bits per heavy atom. The van der Waals surface area contributed by atoms with Gasteiger partial charge in [-0.15, -0.1) is 0 Å². The molecule has 0 saturated heterocycles. The first-order valence-electron chi connectivity index (χ1n) is 5.08. The van der Waals surface area contributed by atoms with Crippen molar-refractivity contribution in [3.8, 4) is 5.75 Å². The van der Waals surface area contributed by atoms with E-state index in [4.69, 9.17) is 10.5 Å². The monoisotopic (exact) mass is 205 g/mol. The first-order chi connectivity index (χ1) is 7.20. The van der Waals surface area contributed by atoms with Gasteiger partial charge < -0.3 is 15.8 Å². The molecule has 0 saturated carbocycles. The number of nitrogens with zero attached hydrogens (tertiary/aromatic N) is 1. The van der Waals surface area contributed by atoms with Gasteiger partial charge in [0.15, 0.2) is 6.10 Å². The summed E-state index contributed by atoms with van der Waals surface area (Å²) in [5.41, 5.74) is 7.32. The zero-order chi connectivity index (χ0) is 10.8. The summed E-state index contributed by atoms with van der Waals surface area (Å²) in [5, 5.41) is 3.24. The summed E-state index contributed by atoms with van der Waals surface area (Å²) in [6.45, 7) is 4.72. The Balaban J connectivity index is 2.34. The number of rotatable bonds is 1. The van der Waals surface area contributed by atoms with E-state index in [0.717, 1.165) is 23.8 Å². The molecule has 1 unspecified atom stereocenters. The van der Waals surface area contributed by atoms with Crippen molar-refractivity contribution < 1.29 is 4.74 Å². The Morgan fingerprint density at radius 2 is 2.33 bits per heavy atom. The molecule has 0 fully saturated rings. The maximum atomic E-state index is 5.70. The van der Waals surface area contributed by atoms with E-state index in [1.165, 1.54) is 0 Å². The number of hydrogen-bond acceptors (Lipinski definition) is 3. The van der Waals surface area contributed by atoms with E-state index in [-0.39, 0.29) is 6.10 Å². The molecule has 80 valence electrons. The van der Waals surface area contributed by atoms with E-state index in [2.05, 4.69) is 10.3 Å². The van der Waals surface area contributed by atoms with Crippen molar-refractivity contribution in [1.82, 2.24) is 0 Å². The van der Waals surface area contributed by atoms with Gasteiger partial charge in [0.2, 0.25) is 0 Å². The maximum Gasteiger partial charge on any atom is 0.153 e. The second-order valence-corrected chi connectivity index (χ2v) is 3.50. The van der Waals surface area contributed by atoms with Crippen molar-refractivity contribution in [2.45, 2.75) is 20.0 Å². The van der Waals surface area contributed by atoms with Crippen LogP contribution in [0, 0.1) is 0 Å². The Labute approximate surface area is 89.1 Å². The maximum absolute atomic E-state index is 5.70. The highest BCUT2D eigenvalue weighted by Gasteiger charge is 2.21. The molecule has 4 nitrogen and oxygen atoms in total. The van der Waals surface area contributed by atoms with Crippen molar-refractivity contribution in [2.75, 3.05) is 17.6 Å². The van der Waals surface area contributed by atoms with Crippen molar-refractivity contribution >= 4 is 17.2 Å². The molecule has 3 N–H and O–H groups in total. The number of fused-ring (bicyclic) bond motifs is 1. The van der Waals surface area contributed by atoms with E-state index in [1.54, 1.807) is 0 Å². The lowest BCUT2D eigenvalue weighted by Gasteiger charge is -2.26. The van der Waals surface area contributed by atoms with Gasteiger partial charge in [0.05, 0.1) is 5.69 Å². The van der Waals surface area contributed by atoms with Crippen molar-refractivity contribution in [3.63, 3.8) is 0 Å². The molecule has 0 radical (unpaired) electrons. The lowest BCUT2D eigenvalue weighted by atomic mass is 10.2. The Bertz CT molecular complexity index is 401. The lowest BCUT2D eigenvalue weighted by Crippen LogP contribution is -2.34. The Morgan fingerprint density at radius 3 is 3.07 bits per heavy atom. The fraction of sp³-hybridized carbons (Fsp3) is 0.364. The molecule has 1 aromatic rings. The van der Waals surface area contributed by atoms with Gasteiger partial charge in [-0.05, 0) is 26.0 Å². The van der Waals surface area contributed by atoms with Crippen LogP contribution in [0.25, 0.3) is 0 Å². The van der Waals surface area contributed by atoms with Crippen molar-refractivity contribution in [3.05, 3.63) is 18.2 Å². The summed E-state index contributed by atoms with van der Waals surface area (Å²) < 4.78 is 5.70. The SMILES string of the molecule is CCN=C1Nc2ccc(N)cc2OC1C. The van der Waals surface area contributed by atoms with Crippen LogP contribution in [0.3, 0.4) is 0 Å². The number of nitrogen functional groups attached to an aromatic ring is 1. The van der Waals surface area contributed by atoms with Gasteiger partial charge in [0.25, 0.3) is 0 Å². The van der Waals surface area contributed by atoms with Crippen LogP contribution in [-0.2, 0) is 0 Å². The smallest absolute Gasteiger partial charge is 0.153 e. The van der Waals surface area contributed by atoms with E-state index < -0.39 is 0 Å². The summed E-state index contributed by atoms with van der Waals surface area (Å²) in [5.74, 6) is 1.66. The molecular weight excluding hydrogens is 190 g/mol. The number of aliphatic imine (C=N–C) groups is 1. The largest absolute Gasteiger partial charge is 0.481 e. The fourth-order valence-electron chi connectivity index (χ4n) is 1.56. The lowest BCUT2D eigenvalue weighted by molar-refractivity contribution is 0.282. The van der Waals surface area contributed by atoms with Crippen molar-refractivity contribution in [2.24, 2.45) is 4.99 Å². The number of hydrogen-bond donors (Lipinski definition) is 2. The van der Waals surface area contributed by atoms with Crippen LogP contribution in [0.4, 0.5) is 11.4 Å². The van der Waals surface area contributed by atoms with Crippen LogP contribution in [0.1, 0.15) is 13.8 Å². The summed E-state index contributed by atoms with van der Waals surface area (Å²) >= 11 is 0. The van der Waals surface area contributed by atoms with E-state index >= 15 is 0 Å². The molecule has 1 aliphatic heterocycles. The standard InChI is InChI=1S/C11H15N3O/c1-3-13-11-7(2)15-10-6-8(12)4-5-9(10)14-11/h4-7H,3,12H2,1-2H3,(H,13,14). The molecule has 15 heavy (non-hydrogen) atoms. The zero-order valence-corrected chi connectivity index (χ0v) is 8.95. The highest BCUT2D eigenvalue weighted by atomic mass is 16.5. The van der Waals surface area contributed by atoms with Crippen LogP contribution >= 0.6 is 0 Å². The third-order valence-electron chi connectivity index (χ3n) is 2.29. The molecule has 0 bridgehead atoms. The predicted molar refractivity (Wildman–Crippen MR) is 62.5 cm³/mol. The second kappa shape index (κ2) is 3.81. The molecule has 2 rings (SSSR count). The van der Waals surface area contributed by atoms with Gasteiger partial charge >= 0.3 is 0 Å². The number of nitrogens with one attached hydrogen (secondary N) is 1. The van der Waals surface area contributed by atoms with Crippen LogP contribution in [0.15, 0.2) is 23.2 Å². The second-order valence-electron chi connectivity index (χ2n) is 3.50. The zero-order valence-electron chi connectivity index (χ0n) is 8.95. The van der Waals surface area contributed by atoms with Crippen LogP contribution in [0.2, 0.25) is 0 Å². The number of amidine groups is 1. The predicted octanol–water partition coefficient (Wildman–Crippen LogP) is 1.88.